The van der Waals surface area contributed by atoms with E-state index in [-0.39, 0.29) is 6.04 Å². The molecule has 0 saturated heterocycles. The molecule has 0 aliphatic heterocycles. The van der Waals surface area contributed by atoms with Crippen molar-refractivity contribution in [1.29, 1.82) is 0 Å². The zero-order valence-electron chi connectivity index (χ0n) is 12.2. The molecule has 0 amide bonds. The zero-order valence-corrected chi connectivity index (χ0v) is 12.2. The first kappa shape index (κ1) is 14.4. The van der Waals surface area contributed by atoms with Crippen LogP contribution in [-0.2, 0) is 6.61 Å². The van der Waals surface area contributed by atoms with Gasteiger partial charge >= 0.3 is 0 Å². The molecule has 0 spiro atoms. The number of aryl methyl sites for hydroxylation is 1. The van der Waals surface area contributed by atoms with Crippen LogP contribution in [-0.4, -0.2) is 7.11 Å². The Hall–Kier alpha value is -2.00. The van der Waals surface area contributed by atoms with Crippen molar-refractivity contribution in [2.75, 3.05) is 7.11 Å². The number of hydrogen-bond donors (Lipinski definition) is 1. The van der Waals surface area contributed by atoms with Gasteiger partial charge in [-0.1, -0.05) is 35.9 Å². The lowest BCUT2D eigenvalue weighted by molar-refractivity contribution is 0.299. The quantitative estimate of drug-likeness (QED) is 0.903. The van der Waals surface area contributed by atoms with Crippen LogP contribution in [0.15, 0.2) is 42.5 Å². The van der Waals surface area contributed by atoms with E-state index >= 15 is 0 Å². The minimum Gasteiger partial charge on any atom is -0.497 e. The number of methoxy groups -OCH3 is 1. The smallest absolute Gasteiger partial charge is 0.128 e. The van der Waals surface area contributed by atoms with E-state index in [1.165, 1.54) is 5.56 Å². The maximum atomic E-state index is 5.97. The highest BCUT2D eigenvalue weighted by Crippen LogP contribution is 2.29. The fourth-order valence-electron chi connectivity index (χ4n) is 1.99. The Morgan fingerprint density at radius 2 is 1.80 bits per heavy atom. The van der Waals surface area contributed by atoms with E-state index in [0.717, 1.165) is 22.6 Å². The van der Waals surface area contributed by atoms with Gasteiger partial charge in [-0.05, 0) is 25.5 Å². The van der Waals surface area contributed by atoms with Gasteiger partial charge in [0.2, 0.25) is 0 Å². The Kier molecular flexibility index (Phi) is 4.64. The number of ether oxygens (including phenoxy) is 2. The largest absolute Gasteiger partial charge is 0.497 e. The molecule has 0 radical (unpaired) electrons. The van der Waals surface area contributed by atoms with Gasteiger partial charge in [-0.15, -0.1) is 0 Å². The molecule has 0 fully saturated rings. The van der Waals surface area contributed by atoms with Gasteiger partial charge in [0, 0.05) is 17.7 Å². The predicted molar refractivity (Wildman–Crippen MR) is 81.1 cm³/mol. The minimum absolute atomic E-state index is 0.0751. The molecule has 2 aromatic rings. The highest BCUT2D eigenvalue weighted by Gasteiger charge is 2.10. The molecule has 2 aromatic carbocycles. The van der Waals surface area contributed by atoms with E-state index in [1.807, 2.05) is 25.1 Å². The van der Waals surface area contributed by atoms with E-state index in [4.69, 9.17) is 15.2 Å². The number of hydrogen-bond acceptors (Lipinski definition) is 3. The van der Waals surface area contributed by atoms with Crippen molar-refractivity contribution < 1.29 is 9.47 Å². The average Bonchev–Trinajstić information content (AvgIpc) is 2.46. The van der Waals surface area contributed by atoms with Crippen LogP contribution >= 0.6 is 0 Å². The van der Waals surface area contributed by atoms with Gasteiger partial charge in [-0.2, -0.15) is 0 Å². The van der Waals surface area contributed by atoms with Crippen LogP contribution in [0.25, 0.3) is 0 Å². The molecule has 0 aliphatic rings. The topological polar surface area (TPSA) is 44.5 Å². The second-order valence-corrected chi connectivity index (χ2v) is 4.97. The summed E-state index contributed by atoms with van der Waals surface area (Å²) in [5, 5.41) is 0. The lowest BCUT2D eigenvalue weighted by Crippen LogP contribution is -2.08. The molecule has 0 heterocycles. The lowest BCUT2D eigenvalue weighted by atomic mass is 10.1. The molecule has 2 N–H and O–H groups in total. The van der Waals surface area contributed by atoms with E-state index in [0.29, 0.717) is 6.61 Å². The molecule has 0 bridgehead atoms. The average molecular weight is 271 g/mol. The Morgan fingerprint density at radius 1 is 1.10 bits per heavy atom. The fraction of sp³-hybridized carbons (Fsp3) is 0.294. The molecule has 3 nitrogen and oxygen atoms in total. The lowest BCUT2D eigenvalue weighted by Gasteiger charge is -2.15. The number of benzene rings is 2. The second-order valence-electron chi connectivity index (χ2n) is 4.97. The van der Waals surface area contributed by atoms with Crippen LogP contribution in [0.3, 0.4) is 0 Å². The molecule has 0 saturated carbocycles. The normalized spacial score (nSPS) is 12.0. The van der Waals surface area contributed by atoms with Crippen molar-refractivity contribution in [3.05, 3.63) is 59.2 Å². The summed E-state index contributed by atoms with van der Waals surface area (Å²) in [4.78, 5) is 0. The van der Waals surface area contributed by atoms with Crippen molar-refractivity contribution in [3.8, 4) is 11.5 Å². The summed E-state index contributed by atoms with van der Waals surface area (Å²) < 4.78 is 11.1. The van der Waals surface area contributed by atoms with Crippen LogP contribution in [0.2, 0.25) is 0 Å². The Morgan fingerprint density at radius 3 is 2.40 bits per heavy atom. The van der Waals surface area contributed by atoms with Gasteiger partial charge in [0.05, 0.1) is 7.11 Å². The summed E-state index contributed by atoms with van der Waals surface area (Å²) >= 11 is 0. The summed E-state index contributed by atoms with van der Waals surface area (Å²) in [6, 6.07) is 14.0. The summed E-state index contributed by atoms with van der Waals surface area (Å²) in [6.07, 6.45) is 0. The standard InChI is InChI=1S/C17H21NO2/c1-12-4-6-14(7-5-12)11-20-17-10-15(19-3)8-9-16(17)13(2)18/h4-10,13H,11,18H2,1-3H3. The van der Waals surface area contributed by atoms with Gasteiger partial charge in [0.15, 0.2) is 0 Å². The van der Waals surface area contributed by atoms with Crippen molar-refractivity contribution in [2.24, 2.45) is 5.73 Å². The molecule has 0 aromatic heterocycles. The van der Waals surface area contributed by atoms with E-state index in [1.54, 1.807) is 7.11 Å². The van der Waals surface area contributed by atoms with Crippen LogP contribution in [0.4, 0.5) is 0 Å². The van der Waals surface area contributed by atoms with Crippen LogP contribution in [0.5, 0.6) is 11.5 Å². The third kappa shape index (κ3) is 3.52. The molecular formula is C17H21NO2. The van der Waals surface area contributed by atoms with Gasteiger partial charge in [-0.25, -0.2) is 0 Å². The SMILES string of the molecule is COc1ccc(C(C)N)c(OCc2ccc(C)cc2)c1. The molecule has 0 aliphatic carbocycles. The maximum Gasteiger partial charge on any atom is 0.128 e. The van der Waals surface area contributed by atoms with Gasteiger partial charge in [0.25, 0.3) is 0 Å². The summed E-state index contributed by atoms with van der Waals surface area (Å²) in [5.41, 5.74) is 9.33. The third-order valence-electron chi connectivity index (χ3n) is 3.23. The Balaban J connectivity index is 2.16. The molecule has 3 heteroatoms. The summed E-state index contributed by atoms with van der Waals surface area (Å²) in [7, 11) is 1.64. The van der Waals surface area contributed by atoms with Crippen molar-refractivity contribution in [2.45, 2.75) is 26.5 Å². The number of rotatable bonds is 5. The van der Waals surface area contributed by atoms with Gasteiger partial charge in [-0.3, -0.25) is 0 Å². The zero-order chi connectivity index (χ0) is 14.5. The van der Waals surface area contributed by atoms with Crippen molar-refractivity contribution in [1.82, 2.24) is 0 Å². The molecule has 2 rings (SSSR count). The van der Waals surface area contributed by atoms with Crippen molar-refractivity contribution >= 4 is 0 Å². The first-order valence-corrected chi connectivity index (χ1v) is 6.72. The van der Waals surface area contributed by atoms with E-state index in [2.05, 4.69) is 31.2 Å². The maximum absolute atomic E-state index is 5.97. The molecule has 20 heavy (non-hydrogen) atoms. The highest BCUT2D eigenvalue weighted by molar-refractivity contribution is 5.42. The van der Waals surface area contributed by atoms with Crippen LogP contribution in [0, 0.1) is 6.92 Å². The molecular weight excluding hydrogens is 250 g/mol. The van der Waals surface area contributed by atoms with Gasteiger partial charge < -0.3 is 15.2 Å². The summed E-state index contributed by atoms with van der Waals surface area (Å²) in [5.74, 6) is 1.55. The first-order chi connectivity index (χ1) is 9.60. The van der Waals surface area contributed by atoms with Gasteiger partial charge in [0.1, 0.15) is 18.1 Å². The fourth-order valence-corrected chi connectivity index (χ4v) is 1.99. The Labute approximate surface area is 120 Å². The minimum atomic E-state index is -0.0751. The monoisotopic (exact) mass is 271 g/mol. The molecule has 1 atom stereocenters. The van der Waals surface area contributed by atoms with E-state index in [9.17, 15) is 0 Å². The van der Waals surface area contributed by atoms with Crippen molar-refractivity contribution in [3.63, 3.8) is 0 Å². The second kappa shape index (κ2) is 6.44. The van der Waals surface area contributed by atoms with Crippen LogP contribution < -0.4 is 15.2 Å². The third-order valence-corrected chi connectivity index (χ3v) is 3.23. The number of nitrogens with two attached hydrogens (primary N) is 1. The molecule has 1 unspecified atom stereocenters. The first-order valence-electron chi connectivity index (χ1n) is 6.72. The molecule has 106 valence electrons. The van der Waals surface area contributed by atoms with Crippen LogP contribution in [0.1, 0.15) is 29.7 Å². The Bertz CT molecular complexity index is 562. The highest BCUT2D eigenvalue weighted by atomic mass is 16.5. The predicted octanol–water partition coefficient (Wildman–Crippen LogP) is 3.60. The summed E-state index contributed by atoms with van der Waals surface area (Å²) in [6.45, 7) is 4.54. The van der Waals surface area contributed by atoms with E-state index < -0.39 is 0 Å².